The normalized spacial score (nSPS) is 19.6. The van der Waals surface area contributed by atoms with E-state index in [0.717, 1.165) is 18.6 Å². The van der Waals surface area contributed by atoms with Crippen LogP contribution < -0.4 is 4.72 Å². The summed E-state index contributed by atoms with van der Waals surface area (Å²) < 4.78 is 44.2. The minimum Gasteiger partial charge on any atom is -0.506 e. The lowest BCUT2D eigenvalue weighted by Gasteiger charge is -2.13. The summed E-state index contributed by atoms with van der Waals surface area (Å²) in [4.78, 5) is 0. The Kier molecular flexibility index (Phi) is 4.17. The zero-order valence-electron chi connectivity index (χ0n) is 9.90. The molecule has 0 aromatic heterocycles. The molecule has 106 valence electrons. The molecule has 1 fully saturated rings. The van der Waals surface area contributed by atoms with E-state index >= 15 is 0 Å². The van der Waals surface area contributed by atoms with Crippen LogP contribution in [0, 0.1) is 5.82 Å². The molecule has 2 rings (SSSR count). The molecule has 1 aliphatic heterocycles. The second-order valence-electron chi connectivity index (χ2n) is 4.30. The van der Waals surface area contributed by atoms with Gasteiger partial charge in [0.05, 0.1) is 22.6 Å². The van der Waals surface area contributed by atoms with Gasteiger partial charge in [-0.25, -0.2) is 12.8 Å². The van der Waals surface area contributed by atoms with Crippen LogP contribution >= 0.6 is 11.6 Å². The summed E-state index contributed by atoms with van der Waals surface area (Å²) in [5.41, 5.74) is -0.149. The second kappa shape index (κ2) is 5.52. The molecule has 1 aliphatic rings. The largest absolute Gasteiger partial charge is 0.506 e. The summed E-state index contributed by atoms with van der Waals surface area (Å²) in [5, 5.41) is 9.21. The summed E-state index contributed by atoms with van der Waals surface area (Å²) in [7, 11) is -3.69. The number of phenols is 1. The molecule has 1 heterocycles. The van der Waals surface area contributed by atoms with Crippen LogP contribution in [0.3, 0.4) is 0 Å². The molecule has 0 spiro atoms. The average molecular weight is 310 g/mol. The van der Waals surface area contributed by atoms with Crippen molar-refractivity contribution >= 4 is 27.3 Å². The van der Waals surface area contributed by atoms with E-state index in [1.165, 1.54) is 0 Å². The van der Waals surface area contributed by atoms with E-state index in [-0.39, 0.29) is 22.6 Å². The summed E-state index contributed by atoms with van der Waals surface area (Å²) in [6.45, 7) is 0.549. The Morgan fingerprint density at radius 2 is 2.26 bits per heavy atom. The maximum atomic E-state index is 13.0. The highest BCUT2D eigenvalue weighted by Gasteiger charge is 2.24. The van der Waals surface area contributed by atoms with Crippen LogP contribution in [-0.2, 0) is 14.8 Å². The second-order valence-corrected chi connectivity index (χ2v) is 6.48. The van der Waals surface area contributed by atoms with Crippen molar-refractivity contribution in [1.82, 2.24) is 0 Å². The Bertz CT molecular complexity index is 572. The third-order valence-corrected chi connectivity index (χ3v) is 4.36. The molecule has 0 amide bonds. The molecule has 8 heteroatoms. The molecule has 19 heavy (non-hydrogen) atoms. The number of hydrogen-bond acceptors (Lipinski definition) is 4. The van der Waals surface area contributed by atoms with Gasteiger partial charge in [-0.3, -0.25) is 4.72 Å². The number of anilines is 1. The quantitative estimate of drug-likeness (QED) is 0.835. The van der Waals surface area contributed by atoms with Gasteiger partial charge in [-0.2, -0.15) is 0 Å². The molecular weight excluding hydrogens is 297 g/mol. The smallest absolute Gasteiger partial charge is 0.235 e. The van der Waals surface area contributed by atoms with Crippen molar-refractivity contribution in [2.75, 3.05) is 17.1 Å². The van der Waals surface area contributed by atoms with Crippen molar-refractivity contribution in [3.63, 3.8) is 0 Å². The van der Waals surface area contributed by atoms with Crippen molar-refractivity contribution in [3.8, 4) is 5.75 Å². The summed E-state index contributed by atoms with van der Waals surface area (Å²) in [5.74, 6) is -1.54. The lowest BCUT2D eigenvalue weighted by atomic mass is 10.3. The number of nitrogens with one attached hydrogen (secondary N) is 1. The molecule has 1 aromatic carbocycles. The maximum Gasteiger partial charge on any atom is 0.235 e. The predicted molar refractivity (Wildman–Crippen MR) is 69.5 cm³/mol. The highest BCUT2D eigenvalue weighted by Crippen LogP contribution is 2.30. The van der Waals surface area contributed by atoms with Crippen molar-refractivity contribution in [2.45, 2.75) is 18.9 Å². The highest BCUT2D eigenvalue weighted by molar-refractivity contribution is 7.92. The lowest BCUT2D eigenvalue weighted by Crippen LogP contribution is -2.25. The maximum absolute atomic E-state index is 13.0. The Hall–Kier alpha value is -1.05. The van der Waals surface area contributed by atoms with Gasteiger partial charge in [0, 0.05) is 12.7 Å². The van der Waals surface area contributed by atoms with Gasteiger partial charge in [0.15, 0.2) is 0 Å². The van der Waals surface area contributed by atoms with Crippen molar-refractivity contribution < 1.29 is 22.7 Å². The van der Waals surface area contributed by atoms with Crippen molar-refractivity contribution in [3.05, 3.63) is 23.0 Å². The number of hydrogen-bond donors (Lipinski definition) is 2. The Labute approximate surface area is 115 Å². The van der Waals surface area contributed by atoms with Gasteiger partial charge in [0.2, 0.25) is 10.0 Å². The van der Waals surface area contributed by atoms with Gasteiger partial charge in [-0.15, -0.1) is 0 Å². The SMILES string of the molecule is O=S(=O)(CC1CCCO1)Nc1cc(Cl)c(F)cc1O. The summed E-state index contributed by atoms with van der Waals surface area (Å²) >= 11 is 5.54. The molecular formula is C11H13ClFNO4S. The first-order valence-corrected chi connectivity index (χ1v) is 7.70. The van der Waals surface area contributed by atoms with E-state index in [4.69, 9.17) is 16.3 Å². The summed E-state index contributed by atoms with van der Waals surface area (Å²) in [6, 6.07) is 1.78. The van der Waals surface area contributed by atoms with Crippen LogP contribution in [0.5, 0.6) is 5.75 Å². The summed E-state index contributed by atoms with van der Waals surface area (Å²) in [6.07, 6.45) is 1.15. The van der Waals surface area contributed by atoms with Gasteiger partial charge in [-0.1, -0.05) is 11.6 Å². The van der Waals surface area contributed by atoms with E-state index in [1.54, 1.807) is 0 Å². The molecule has 1 aromatic rings. The van der Waals surface area contributed by atoms with Crippen molar-refractivity contribution in [2.24, 2.45) is 0 Å². The molecule has 5 nitrogen and oxygen atoms in total. The molecule has 0 bridgehead atoms. The number of sulfonamides is 1. The number of aromatic hydroxyl groups is 1. The highest BCUT2D eigenvalue weighted by atomic mass is 35.5. The third-order valence-electron chi connectivity index (χ3n) is 2.73. The van der Waals surface area contributed by atoms with Crippen LogP contribution in [0.2, 0.25) is 5.02 Å². The van der Waals surface area contributed by atoms with Crippen molar-refractivity contribution in [1.29, 1.82) is 0 Å². The monoisotopic (exact) mass is 309 g/mol. The minimum absolute atomic E-state index is 0.149. The van der Waals surface area contributed by atoms with Gasteiger partial charge < -0.3 is 9.84 Å². The molecule has 1 saturated heterocycles. The fourth-order valence-electron chi connectivity index (χ4n) is 1.85. The van der Waals surface area contributed by atoms with E-state index in [0.29, 0.717) is 13.0 Å². The Morgan fingerprint density at radius 3 is 2.89 bits per heavy atom. The first kappa shape index (κ1) is 14.4. The number of halogens is 2. The number of rotatable bonds is 4. The molecule has 0 saturated carbocycles. The zero-order chi connectivity index (χ0) is 14.0. The van der Waals surface area contributed by atoms with Crippen LogP contribution in [0.1, 0.15) is 12.8 Å². The fraction of sp³-hybridized carbons (Fsp3) is 0.455. The first-order chi connectivity index (χ1) is 8.87. The van der Waals surface area contributed by atoms with Crippen LogP contribution in [-0.4, -0.2) is 32.0 Å². The fourth-order valence-corrected chi connectivity index (χ4v) is 3.35. The van der Waals surface area contributed by atoms with Crippen LogP contribution in [0.15, 0.2) is 12.1 Å². The third kappa shape index (κ3) is 3.71. The number of phenolic OH excluding ortho intramolecular Hbond substituents is 1. The average Bonchev–Trinajstić information content (AvgIpc) is 2.77. The van der Waals surface area contributed by atoms with Gasteiger partial charge >= 0.3 is 0 Å². The lowest BCUT2D eigenvalue weighted by molar-refractivity contribution is 0.127. The van der Waals surface area contributed by atoms with E-state index < -0.39 is 21.6 Å². The predicted octanol–water partition coefficient (Wildman–Crippen LogP) is 2.11. The molecule has 1 atom stereocenters. The zero-order valence-corrected chi connectivity index (χ0v) is 11.5. The number of ether oxygens (including phenoxy) is 1. The van der Waals surface area contributed by atoms with Crippen LogP contribution in [0.4, 0.5) is 10.1 Å². The van der Waals surface area contributed by atoms with E-state index in [9.17, 15) is 17.9 Å². The molecule has 1 unspecified atom stereocenters. The van der Waals surface area contributed by atoms with E-state index in [1.807, 2.05) is 0 Å². The molecule has 2 N–H and O–H groups in total. The van der Waals surface area contributed by atoms with Gasteiger partial charge in [-0.05, 0) is 18.9 Å². The van der Waals surface area contributed by atoms with Crippen LogP contribution in [0.25, 0.3) is 0 Å². The first-order valence-electron chi connectivity index (χ1n) is 5.67. The molecule has 0 aliphatic carbocycles. The van der Waals surface area contributed by atoms with Gasteiger partial charge in [0.25, 0.3) is 0 Å². The standard InChI is InChI=1S/C11H13ClFNO4S/c12-8-4-10(11(15)5-9(8)13)14-19(16,17)6-7-2-1-3-18-7/h4-5,7,14-15H,1-3,6H2. The topological polar surface area (TPSA) is 75.6 Å². The minimum atomic E-state index is -3.69. The number of benzene rings is 1. The molecule has 0 radical (unpaired) electrons. The Morgan fingerprint density at radius 1 is 1.53 bits per heavy atom. The van der Waals surface area contributed by atoms with Gasteiger partial charge in [0.1, 0.15) is 11.6 Å². The Balaban J connectivity index is 2.13. The van der Waals surface area contributed by atoms with E-state index in [2.05, 4.69) is 4.72 Å².